The minimum absolute atomic E-state index is 0.00615. The number of nitrogens with two attached hydrogens (primary N) is 1. The van der Waals surface area contributed by atoms with Gasteiger partial charge in [-0.1, -0.05) is 0 Å². The number of piperidine rings is 1. The minimum atomic E-state index is -3.67. The zero-order chi connectivity index (χ0) is 27.2. The largest absolute Gasteiger partial charge is 0.462 e. The van der Waals surface area contributed by atoms with E-state index in [9.17, 15) is 26.8 Å². The third-order valence-corrected chi connectivity index (χ3v) is 6.14. The molecule has 2 aliphatic rings. The summed E-state index contributed by atoms with van der Waals surface area (Å²) in [7, 11) is -3.67. The Morgan fingerprint density at radius 1 is 1.19 bits per heavy atom. The molecular weight excluding hydrogens is 517 g/mol. The van der Waals surface area contributed by atoms with Gasteiger partial charge in [0.25, 0.3) is 10.1 Å². The van der Waals surface area contributed by atoms with Crippen LogP contribution in [-0.2, 0) is 14.9 Å². The maximum atomic E-state index is 15.0. The number of hydrogen-bond donors (Lipinski definition) is 2. The van der Waals surface area contributed by atoms with Gasteiger partial charge in [0.15, 0.2) is 17.3 Å². The molecule has 0 amide bonds. The standard InChI is InChI=1S/C22H19F3N4O3.CH4O3S/c1-2-32-22(31)14-9-29(17-4-3-10(23)5-15(17)24)20-11(19(14)30)6-16(25)21(27-20)28-7-12-13(8-28)18(12)26;1-5(2,3)4/h3-6,9,12-13,18H,2,7-8,26H2,1H3;1H3,(H,2,3,4)/t12-,13+,18?;. The molecule has 2 aromatic heterocycles. The van der Waals surface area contributed by atoms with Gasteiger partial charge in [0, 0.05) is 31.4 Å². The van der Waals surface area contributed by atoms with Crippen molar-refractivity contribution in [3.8, 4) is 5.69 Å². The van der Waals surface area contributed by atoms with E-state index in [-0.39, 0.29) is 47.0 Å². The summed E-state index contributed by atoms with van der Waals surface area (Å²) in [5.74, 6) is -2.88. The summed E-state index contributed by atoms with van der Waals surface area (Å²) in [6.07, 6.45) is 1.80. The predicted octanol–water partition coefficient (Wildman–Crippen LogP) is 1.88. The number of nitrogens with zero attached hydrogens (tertiary/aromatic N) is 3. The third-order valence-electron chi connectivity index (χ3n) is 6.14. The molecule has 198 valence electrons. The lowest BCUT2D eigenvalue weighted by Crippen LogP contribution is -2.30. The molecule has 1 aromatic carbocycles. The fourth-order valence-electron chi connectivity index (χ4n) is 4.40. The Kier molecular flexibility index (Phi) is 7.01. The number of carbonyl (C=O) groups is 1. The third kappa shape index (κ3) is 5.45. The van der Waals surface area contributed by atoms with Crippen molar-refractivity contribution in [3.05, 3.63) is 63.7 Å². The second-order valence-electron chi connectivity index (χ2n) is 8.77. The summed E-state index contributed by atoms with van der Waals surface area (Å²) < 4.78 is 75.1. The second-order valence-corrected chi connectivity index (χ2v) is 10.2. The van der Waals surface area contributed by atoms with Gasteiger partial charge in [0.2, 0.25) is 5.43 Å². The lowest BCUT2D eigenvalue weighted by Gasteiger charge is -2.22. The number of halogens is 3. The van der Waals surface area contributed by atoms with Gasteiger partial charge in [-0.25, -0.2) is 22.9 Å². The van der Waals surface area contributed by atoms with Crippen molar-refractivity contribution < 1.29 is 35.7 Å². The molecule has 5 rings (SSSR count). The van der Waals surface area contributed by atoms with E-state index < -0.39 is 44.5 Å². The Hall–Kier alpha value is -3.49. The maximum Gasteiger partial charge on any atom is 0.343 e. The summed E-state index contributed by atoms with van der Waals surface area (Å²) in [6, 6.07) is 3.94. The van der Waals surface area contributed by atoms with Gasteiger partial charge in [-0.15, -0.1) is 0 Å². The average Bonchev–Trinajstić information content (AvgIpc) is 3.18. The number of hydrogen-bond acceptors (Lipinski definition) is 8. The summed E-state index contributed by atoms with van der Waals surface area (Å²) in [5, 5.41) is -0.221. The summed E-state index contributed by atoms with van der Waals surface area (Å²) in [5.41, 5.74) is 4.54. The molecule has 1 saturated carbocycles. The zero-order valence-electron chi connectivity index (χ0n) is 19.7. The molecule has 14 heteroatoms. The van der Waals surface area contributed by atoms with Crippen molar-refractivity contribution in [2.75, 3.05) is 30.9 Å². The summed E-state index contributed by atoms with van der Waals surface area (Å²) >= 11 is 0. The molecule has 3 N–H and O–H groups in total. The molecule has 0 bridgehead atoms. The molecular formula is C23H23F3N4O6S. The first kappa shape index (κ1) is 26.6. The van der Waals surface area contributed by atoms with E-state index in [2.05, 4.69) is 4.98 Å². The van der Waals surface area contributed by atoms with Crippen molar-refractivity contribution in [1.29, 1.82) is 0 Å². The second kappa shape index (κ2) is 9.76. The van der Waals surface area contributed by atoms with Gasteiger partial charge in [-0.2, -0.15) is 8.42 Å². The fraction of sp³-hybridized carbons (Fsp3) is 0.348. The SMILES string of the molecule is CCOC(=O)c1cn(-c2ccc(F)cc2F)c2nc(N3C[C@@H]4C(N)[C@@H]4C3)c(F)cc2c1=O.CS(=O)(=O)O. The highest BCUT2D eigenvalue weighted by atomic mass is 32.2. The lowest BCUT2D eigenvalue weighted by molar-refractivity contribution is 0.0524. The number of aromatic nitrogens is 2. The molecule has 37 heavy (non-hydrogen) atoms. The van der Waals surface area contributed by atoms with E-state index in [1.807, 2.05) is 0 Å². The normalized spacial score (nSPS) is 20.3. The van der Waals surface area contributed by atoms with Crippen LogP contribution in [0.1, 0.15) is 17.3 Å². The first-order chi connectivity index (χ1) is 17.3. The van der Waals surface area contributed by atoms with E-state index in [1.54, 1.807) is 11.8 Å². The van der Waals surface area contributed by atoms with E-state index in [1.165, 1.54) is 0 Å². The molecule has 0 spiro atoms. The van der Waals surface area contributed by atoms with Crippen LogP contribution in [0.5, 0.6) is 0 Å². The summed E-state index contributed by atoms with van der Waals surface area (Å²) in [6.45, 7) is 2.62. The summed E-state index contributed by atoms with van der Waals surface area (Å²) in [4.78, 5) is 31.4. The highest BCUT2D eigenvalue weighted by Crippen LogP contribution is 2.45. The molecule has 1 unspecified atom stereocenters. The molecule has 10 nitrogen and oxygen atoms in total. The zero-order valence-corrected chi connectivity index (χ0v) is 20.5. The molecule has 3 aromatic rings. The van der Waals surface area contributed by atoms with Crippen LogP contribution in [-0.4, -0.2) is 60.5 Å². The van der Waals surface area contributed by atoms with Gasteiger partial charge in [0.05, 0.1) is 23.9 Å². The molecule has 3 heterocycles. The van der Waals surface area contributed by atoms with E-state index in [4.69, 9.17) is 15.0 Å². The van der Waals surface area contributed by atoms with Crippen molar-refractivity contribution in [2.45, 2.75) is 13.0 Å². The lowest BCUT2D eigenvalue weighted by atomic mass is 10.1. The Morgan fingerprint density at radius 2 is 1.81 bits per heavy atom. The van der Waals surface area contributed by atoms with Crippen LogP contribution < -0.4 is 16.1 Å². The van der Waals surface area contributed by atoms with Gasteiger partial charge in [-0.3, -0.25) is 13.9 Å². The number of fused-ring (bicyclic) bond motifs is 2. The number of anilines is 1. The van der Waals surface area contributed by atoms with Crippen LogP contribution in [0.2, 0.25) is 0 Å². The van der Waals surface area contributed by atoms with Gasteiger partial charge >= 0.3 is 5.97 Å². The average molecular weight is 541 g/mol. The number of carbonyl (C=O) groups excluding carboxylic acids is 1. The van der Waals surface area contributed by atoms with Crippen LogP contribution in [0.25, 0.3) is 16.7 Å². The monoisotopic (exact) mass is 540 g/mol. The first-order valence-electron chi connectivity index (χ1n) is 11.1. The molecule has 3 atom stereocenters. The number of benzene rings is 1. The number of rotatable bonds is 4. The van der Waals surface area contributed by atoms with Crippen LogP contribution in [0.4, 0.5) is 19.0 Å². The van der Waals surface area contributed by atoms with Crippen molar-refractivity contribution in [3.63, 3.8) is 0 Å². The number of esters is 1. The topological polar surface area (TPSA) is 145 Å². The highest BCUT2D eigenvalue weighted by Gasteiger charge is 2.54. The molecule has 1 saturated heterocycles. The van der Waals surface area contributed by atoms with Crippen LogP contribution in [0.15, 0.2) is 35.3 Å². The van der Waals surface area contributed by atoms with E-state index >= 15 is 4.39 Å². The molecule has 1 aliphatic carbocycles. The maximum absolute atomic E-state index is 15.0. The molecule has 1 aliphatic heterocycles. The molecule has 0 radical (unpaired) electrons. The molecule has 2 fully saturated rings. The Morgan fingerprint density at radius 3 is 2.38 bits per heavy atom. The van der Waals surface area contributed by atoms with Gasteiger partial charge < -0.3 is 15.4 Å². The van der Waals surface area contributed by atoms with Crippen molar-refractivity contribution in [2.24, 2.45) is 17.6 Å². The van der Waals surface area contributed by atoms with Crippen LogP contribution in [0.3, 0.4) is 0 Å². The van der Waals surface area contributed by atoms with Crippen molar-refractivity contribution >= 4 is 32.9 Å². The van der Waals surface area contributed by atoms with Gasteiger partial charge in [0.1, 0.15) is 17.2 Å². The Bertz CT molecular complexity index is 1540. The van der Waals surface area contributed by atoms with Crippen LogP contribution in [0, 0.1) is 29.3 Å². The number of ether oxygens (including phenoxy) is 1. The Labute approximate surface area is 209 Å². The van der Waals surface area contributed by atoms with E-state index in [0.29, 0.717) is 25.4 Å². The predicted molar refractivity (Wildman–Crippen MR) is 128 cm³/mol. The minimum Gasteiger partial charge on any atom is -0.462 e. The van der Waals surface area contributed by atoms with Gasteiger partial charge in [-0.05, 0) is 37.0 Å². The number of pyridine rings is 2. The quantitative estimate of drug-likeness (QED) is 0.374. The van der Waals surface area contributed by atoms with Crippen molar-refractivity contribution in [1.82, 2.24) is 9.55 Å². The smallest absolute Gasteiger partial charge is 0.343 e. The van der Waals surface area contributed by atoms with E-state index in [0.717, 1.165) is 29.0 Å². The van der Waals surface area contributed by atoms with Crippen LogP contribution >= 0.6 is 0 Å². The first-order valence-corrected chi connectivity index (χ1v) is 13.0. The fourth-order valence-corrected chi connectivity index (χ4v) is 4.40. The highest BCUT2D eigenvalue weighted by molar-refractivity contribution is 7.85. The Balaban J connectivity index is 0.000000586.